The van der Waals surface area contributed by atoms with E-state index in [1.54, 1.807) is 13.2 Å². The fourth-order valence-electron chi connectivity index (χ4n) is 2.48. The third-order valence-electron chi connectivity index (χ3n) is 3.92. The molecular weight excluding hydrogens is 278 g/mol. The van der Waals surface area contributed by atoms with Crippen molar-refractivity contribution in [2.45, 2.75) is 25.0 Å². The van der Waals surface area contributed by atoms with Gasteiger partial charge in [0.15, 0.2) is 11.5 Å². The summed E-state index contributed by atoms with van der Waals surface area (Å²) in [7, 11) is 1.61. The minimum atomic E-state index is -0.396. The van der Waals surface area contributed by atoms with Crippen molar-refractivity contribution < 1.29 is 14.3 Å². The van der Waals surface area contributed by atoms with E-state index in [9.17, 15) is 4.79 Å². The van der Waals surface area contributed by atoms with Crippen LogP contribution in [0.4, 0.5) is 0 Å². The van der Waals surface area contributed by atoms with E-state index in [-0.39, 0.29) is 0 Å². The summed E-state index contributed by atoms with van der Waals surface area (Å²) in [6, 6.07) is 15.7. The Morgan fingerprint density at radius 3 is 2.55 bits per heavy atom. The number of nitrogens with zero attached hydrogens (tertiary/aromatic N) is 1. The minimum absolute atomic E-state index is 0.396. The molecule has 0 N–H and O–H groups in total. The van der Waals surface area contributed by atoms with E-state index in [0.717, 1.165) is 24.0 Å². The van der Waals surface area contributed by atoms with Crippen LogP contribution in [-0.4, -0.2) is 13.2 Å². The number of aliphatic imine (C=N–C) groups is 1. The molecule has 1 saturated carbocycles. The van der Waals surface area contributed by atoms with Gasteiger partial charge in [-0.1, -0.05) is 36.4 Å². The quantitative estimate of drug-likeness (QED) is 0.604. The molecule has 0 aromatic heterocycles. The van der Waals surface area contributed by atoms with E-state index in [0.29, 0.717) is 18.1 Å². The lowest BCUT2D eigenvalue weighted by Gasteiger charge is -2.14. The number of methoxy groups -OCH3 is 1. The van der Waals surface area contributed by atoms with Gasteiger partial charge in [-0.15, -0.1) is 0 Å². The van der Waals surface area contributed by atoms with Crippen molar-refractivity contribution in [2.24, 2.45) is 4.99 Å². The second kappa shape index (κ2) is 6.04. The van der Waals surface area contributed by atoms with Crippen molar-refractivity contribution in [1.82, 2.24) is 0 Å². The van der Waals surface area contributed by atoms with Gasteiger partial charge in [0.25, 0.3) is 0 Å². The minimum Gasteiger partial charge on any atom is -0.493 e. The van der Waals surface area contributed by atoms with E-state index in [4.69, 9.17) is 9.47 Å². The molecule has 4 heteroatoms. The largest absolute Gasteiger partial charge is 0.493 e. The third-order valence-corrected chi connectivity index (χ3v) is 3.92. The van der Waals surface area contributed by atoms with Gasteiger partial charge in [-0.3, -0.25) is 0 Å². The highest BCUT2D eigenvalue weighted by molar-refractivity contribution is 5.48. The number of hydrogen-bond acceptors (Lipinski definition) is 4. The van der Waals surface area contributed by atoms with Crippen LogP contribution in [0.1, 0.15) is 24.0 Å². The van der Waals surface area contributed by atoms with Crippen LogP contribution in [0.25, 0.3) is 0 Å². The Hall–Kier alpha value is -2.58. The molecule has 0 spiro atoms. The van der Waals surface area contributed by atoms with Crippen LogP contribution >= 0.6 is 0 Å². The van der Waals surface area contributed by atoms with E-state index in [2.05, 4.69) is 4.99 Å². The van der Waals surface area contributed by atoms with E-state index < -0.39 is 5.54 Å². The van der Waals surface area contributed by atoms with E-state index in [1.165, 1.54) is 0 Å². The maximum absolute atomic E-state index is 10.6. The molecule has 0 heterocycles. The van der Waals surface area contributed by atoms with Gasteiger partial charge in [0.2, 0.25) is 6.08 Å². The molecule has 1 aliphatic rings. The molecule has 22 heavy (non-hydrogen) atoms. The SMILES string of the molecule is COc1cc(C2(N=C=O)CC2)ccc1OCc1ccccc1. The standard InChI is InChI=1S/C18H17NO3/c1-21-17-11-15(18(9-10-18)19-13-20)7-8-16(17)22-12-14-5-3-2-4-6-14/h2-8,11H,9-10,12H2,1H3. The highest BCUT2D eigenvalue weighted by atomic mass is 16.5. The summed E-state index contributed by atoms with van der Waals surface area (Å²) in [6.07, 6.45) is 3.41. The summed E-state index contributed by atoms with van der Waals surface area (Å²) in [5.41, 5.74) is 1.67. The molecule has 1 fully saturated rings. The lowest BCUT2D eigenvalue weighted by atomic mass is 10.0. The molecule has 2 aromatic rings. The first-order valence-corrected chi connectivity index (χ1v) is 7.22. The Labute approximate surface area is 129 Å². The molecule has 0 radical (unpaired) electrons. The molecule has 0 unspecified atom stereocenters. The predicted molar refractivity (Wildman–Crippen MR) is 82.8 cm³/mol. The number of hydrogen-bond donors (Lipinski definition) is 0. The maximum atomic E-state index is 10.6. The van der Waals surface area contributed by atoms with Crippen molar-refractivity contribution in [1.29, 1.82) is 0 Å². The first kappa shape index (κ1) is 14.4. The molecule has 0 aliphatic heterocycles. The number of carbonyl (C=O) groups excluding carboxylic acids is 1. The zero-order valence-electron chi connectivity index (χ0n) is 12.4. The second-order valence-electron chi connectivity index (χ2n) is 5.37. The Morgan fingerprint density at radius 2 is 1.91 bits per heavy atom. The number of ether oxygens (including phenoxy) is 2. The predicted octanol–water partition coefficient (Wildman–Crippen LogP) is 3.60. The monoisotopic (exact) mass is 295 g/mol. The van der Waals surface area contributed by atoms with Crippen LogP contribution < -0.4 is 9.47 Å². The average molecular weight is 295 g/mol. The van der Waals surface area contributed by atoms with Crippen LogP contribution in [0, 0.1) is 0 Å². The van der Waals surface area contributed by atoms with Gasteiger partial charge in [-0.25, -0.2) is 4.79 Å². The summed E-state index contributed by atoms with van der Waals surface area (Å²) in [5.74, 6) is 1.33. The van der Waals surface area contributed by atoms with Gasteiger partial charge < -0.3 is 9.47 Å². The molecule has 0 saturated heterocycles. The van der Waals surface area contributed by atoms with Crippen LogP contribution in [-0.2, 0) is 16.9 Å². The Kier molecular flexibility index (Phi) is 3.94. The topological polar surface area (TPSA) is 47.9 Å². The Bertz CT molecular complexity index is 702. The maximum Gasteiger partial charge on any atom is 0.235 e. The molecule has 3 rings (SSSR count). The lowest BCUT2D eigenvalue weighted by Crippen LogP contribution is -2.04. The zero-order chi connectivity index (χ0) is 15.4. The van der Waals surface area contributed by atoms with Crippen molar-refractivity contribution in [3.05, 3.63) is 59.7 Å². The van der Waals surface area contributed by atoms with Crippen LogP contribution in [0.3, 0.4) is 0 Å². The Morgan fingerprint density at radius 1 is 1.14 bits per heavy atom. The Balaban J connectivity index is 1.79. The van der Waals surface area contributed by atoms with Gasteiger partial charge in [0.1, 0.15) is 6.61 Å². The van der Waals surface area contributed by atoms with Gasteiger partial charge in [-0.05, 0) is 36.1 Å². The first-order valence-electron chi connectivity index (χ1n) is 7.22. The normalized spacial score (nSPS) is 14.8. The van der Waals surface area contributed by atoms with Gasteiger partial charge in [0, 0.05) is 0 Å². The fourth-order valence-corrected chi connectivity index (χ4v) is 2.48. The molecule has 2 aromatic carbocycles. The highest BCUT2D eigenvalue weighted by Gasteiger charge is 2.45. The van der Waals surface area contributed by atoms with Crippen molar-refractivity contribution >= 4 is 6.08 Å². The number of benzene rings is 2. The molecule has 112 valence electrons. The first-order chi connectivity index (χ1) is 10.8. The van der Waals surface area contributed by atoms with Crippen LogP contribution in [0.5, 0.6) is 11.5 Å². The summed E-state index contributed by atoms with van der Waals surface area (Å²) in [4.78, 5) is 14.5. The average Bonchev–Trinajstić information content (AvgIpc) is 3.35. The van der Waals surface area contributed by atoms with Crippen molar-refractivity contribution in [2.75, 3.05) is 7.11 Å². The molecule has 0 amide bonds. The van der Waals surface area contributed by atoms with Gasteiger partial charge >= 0.3 is 0 Å². The number of rotatable bonds is 6. The van der Waals surface area contributed by atoms with Crippen molar-refractivity contribution in [3.63, 3.8) is 0 Å². The number of isocyanates is 1. The van der Waals surface area contributed by atoms with Crippen molar-refractivity contribution in [3.8, 4) is 11.5 Å². The molecule has 1 aliphatic carbocycles. The molecule has 0 atom stereocenters. The zero-order valence-corrected chi connectivity index (χ0v) is 12.4. The van der Waals surface area contributed by atoms with Crippen LogP contribution in [0.2, 0.25) is 0 Å². The third kappa shape index (κ3) is 2.87. The van der Waals surface area contributed by atoms with E-state index >= 15 is 0 Å². The highest BCUT2D eigenvalue weighted by Crippen LogP contribution is 2.50. The van der Waals surface area contributed by atoms with E-state index in [1.807, 2.05) is 48.5 Å². The second-order valence-corrected chi connectivity index (χ2v) is 5.37. The summed E-state index contributed by atoms with van der Waals surface area (Å²) < 4.78 is 11.2. The molecular formula is C18H17NO3. The fraction of sp³-hybridized carbons (Fsp3) is 0.278. The van der Waals surface area contributed by atoms with Crippen LogP contribution in [0.15, 0.2) is 53.5 Å². The molecule has 0 bridgehead atoms. The summed E-state index contributed by atoms with van der Waals surface area (Å²) in [6.45, 7) is 0.480. The smallest absolute Gasteiger partial charge is 0.235 e. The van der Waals surface area contributed by atoms with Gasteiger partial charge in [-0.2, -0.15) is 4.99 Å². The summed E-state index contributed by atoms with van der Waals surface area (Å²) >= 11 is 0. The summed E-state index contributed by atoms with van der Waals surface area (Å²) in [5, 5.41) is 0. The van der Waals surface area contributed by atoms with Gasteiger partial charge in [0.05, 0.1) is 12.6 Å². The lowest BCUT2D eigenvalue weighted by molar-refractivity contribution is 0.284. The molecule has 4 nitrogen and oxygen atoms in total.